The molecule has 0 saturated carbocycles. The van der Waals surface area contributed by atoms with Gasteiger partial charge in [-0.1, -0.05) is 6.07 Å². The minimum atomic E-state index is 0.583. The van der Waals surface area contributed by atoms with Crippen LogP contribution in [0.1, 0.15) is 28.8 Å². The van der Waals surface area contributed by atoms with Crippen molar-refractivity contribution in [2.24, 2.45) is 0 Å². The molecule has 1 heterocycles. The lowest BCUT2D eigenvalue weighted by Crippen LogP contribution is -2.02. The van der Waals surface area contributed by atoms with Gasteiger partial charge in [0, 0.05) is 5.69 Å². The number of aryl methyl sites for hydroxylation is 3. The summed E-state index contributed by atoms with van der Waals surface area (Å²) in [6, 6.07) is 10.1. The molecule has 0 aliphatic heterocycles. The third kappa shape index (κ3) is 2.55. The maximum atomic E-state index is 9.35. The molecule has 4 nitrogen and oxygen atoms in total. The summed E-state index contributed by atoms with van der Waals surface area (Å²) in [6.07, 6.45) is 3.12. The Labute approximate surface area is 124 Å². The van der Waals surface area contributed by atoms with Crippen LogP contribution >= 0.6 is 0 Å². The van der Waals surface area contributed by atoms with Gasteiger partial charge in [-0.05, 0) is 55.5 Å². The third-order valence-corrected chi connectivity index (χ3v) is 3.78. The zero-order chi connectivity index (χ0) is 14.8. The van der Waals surface area contributed by atoms with Crippen molar-refractivity contribution in [3.05, 3.63) is 46.6 Å². The average molecular weight is 279 g/mol. The van der Waals surface area contributed by atoms with Crippen LogP contribution in [0.3, 0.4) is 0 Å². The molecular formula is C17H17N3O. The molecule has 21 heavy (non-hydrogen) atoms. The van der Waals surface area contributed by atoms with Gasteiger partial charge in [-0.25, -0.2) is 4.98 Å². The number of ether oxygens (including phenoxy) is 1. The molecule has 0 radical (unpaired) electrons. The molecular weight excluding hydrogens is 262 g/mol. The first-order chi connectivity index (χ1) is 10.2. The molecule has 0 atom stereocenters. The molecule has 0 spiro atoms. The van der Waals surface area contributed by atoms with Crippen LogP contribution in [-0.4, -0.2) is 12.1 Å². The van der Waals surface area contributed by atoms with Crippen molar-refractivity contribution in [3.63, 3.8) is 0 Å². The quantitative estimate of drug-likeness (QED) is 0.934. The Morgan fingerprint density at radius 2 is 2.14 bits per heavy atom. The summed E-state index contributed by atoms with van der Waals surface area (Å²) in [6.45, 7) is 2.02. The van der Waals surface area contributed by atoms with E-state index in [4.69, 9.17) is 4.74 Å². The van der Waals surface area contributed by atoms with Crippen molar-refractivity contribution >= 4 is 11.5 Å². The van der Waals surface area contributed by atoms with Gasteiger partial charge < -0.3 is 10.1 Å². The SMILES string of the molecule is COc1ccc(C)cc1Nc1nc2c(cc1C#N)CCC2. The van der Waals surface area contributed by atoms with Gasteiger partial charge >= 0.3 is 0 Å². The summed E-state index contributed by atoms with van der Waals surface area (Å²) in [5.74, 6) is 1.36. The molecule has 0 amide bonds. The van der Waals surface area contributed by atoms with E-state index in [1.807, 2.05) is 31.2 Å². The average Bonchev–Trinajstić information content (AvgIpc) is 2.94. The highest BCUT2D eigenvalue weighted by atomic mass is 16.5. The molecule has 1 aliphatic rings. The number of nitriles is 1. The molecule has 0 bridgehead atoms. The van der Waals surface area contributed by atoms with Crippen LogP contribution in [0.2, 0.25) is 0 Å². The van der Waals surface area contributed by atoms with Gasteiger partial charge in [0.05, 0.1) is 18.4 Å². The van der Waals surface area contributed by atoms with Crippen LogP contribution in [0.25, 0.3) is 0 Å². The molecule has 2 aromatic rings. The Balaban J connectivity index is 2.02. The van der Waals surface area contributed by atoms with E-state index >= 15 is 0 Å². The number of aromatic nitrogens is 1. The van der Waals surface area contributed by atoms with E-state index in [1.54, 1.807) is 7.11 Å². The number of hydrogen-bond donors (Lipinski definition) is 1. The molecule has 0 saturated heterocycles. The Morgan fingerprint density at radius 1 is 1.29 bits per heavy atom. The van der Waals surface area contributed by atoms with Crippen molar-refractivity contribution in [2.45, 2.75) is 26.2 Å². The standard InChI is InChI=1S/C17H17N3O/c1-11-6-7-16(21-2)15(8-11)20-17-13(10-18)9-12-4-3-5-14(12)19-17/h6-9H,3-5H2,1-2H3,(H,19,20). The van der Waals surface area contributed by atoms with Crippen molar-refractivity contribution in [3.8, 4) is 11.8 Å². The number of rotatable bonds is 3. The number of nitrogens with one attached hydrogen (secondary N) is 1. The van der Waals surface area contributed by atoms with Crippen LogP contribution in [0.15, 0.2) is 24.3 Å². The number of fused-ring (bicyclic) bond motifs is 1. The van der Waals surface area contributed by atoms with Crippen molar-refractivity contribution in [1.29, 1.82) is 5.26 Å². The Kier molecular flexibility index (Phi) is 3.49. The van der Waals surface area contributed by atoms with E-state index in [2.05, 4.69) is 16.4 Å². The van der Waals surface area contributed by atoms with Gasteiger partial charge in [0.2, 0.25) is 0 Å². The van der Waals surface area contributed by atoms with Crippen molar-refractivity contribution in [1.82, 2.24) is 4.98 Å². The minimum absolute atomic E-state index is 0.583. The van der Waals surface area contributed by atoms with Gasteiger partial charge in [0.1, 0.15) is 17.6 Å². The van der Waals surface area contributed by atoms with Gasteiger partial charge in [-0.15, -0.1) is 0 Å². The predicted molar refractivity (Wildman–Crippen MR) is 82.0 cm³/mol. The Bertz CT molecular complexity index is 732. The zero-order valence-electron chi connectivity index (χ0n) is 12.2. The highest BCUT2D eigenvalue weighted by Gasteiger charge is 2.17. The second-order valence-electron chi connectivity index (χ2n) is 5.28. The van der Waals surface area contributed by atoms with E-state index in [0.717, 1.165) is 42.0 Å². The van der Waals surface area contributed by atoms with E-state index in [9.17, 15) is 5.26 Å². The van der Waals surface area contributed by atoms with E-state index < -0.39 is 0 Å². The summed E-state index contributed by atoms with van der Waals surface area (Å²) >= 11 is 0. The Morgan fingerprint density at radius 3 is 2.90 bits per heavy atom. The van der Waals surface area contributed by atoms with Crippen LogP contribution in [-0.2, 0) is 12.8 Å². The second kappa shape index (κ2) is 5.45. The van der Waals surface area contributed by atoms with Crippen LogP contribution < -0.4 is 10.1 Å². The number of methoxy groups -OCH3 is 1. The lowest BCUT2D eigenvalue weighted by Gasteiger charge is -2.13. The molecule has 3 rings (SSSR count). The molecule has 1 aromatic carbocycles. The summed E-state index contributed by atoms with van der Waals surface area (Å²) in [7, 11) is 1.64. The normalized spacial score (nSPS) is 12.6. The monoisotopic (exact) mass is 279 g/mol. The second-order valence-corrected chi connectivity index (χ2v) is 5.28. The van der Waals surface area contributed by atoms with Crippen molar-refractivity contribution < 1.29 is 4.74 Å². The smallest absolute Gasteiger partial charge is 0.148 e. The molecule has 0 fully saturated rings. The fourth-order valence-electron chi connectivity index (χ4n) is 2.70. The number of anilines is 2. The van der Waals surface area contributed by atoms with Gasteiger partial charge in [-0.3, -0.25) is 0 Å². The topological polar surface area (TPSA) is 57.9 Å². The Hall–Kier alpha value is -2.54. The lowest BCUT2D eigenvalue weighted by molar-refractivity contribution is 0.416. The molecule has 1 aliphatic carbocycles. The predicted octanol–water partition coefficient (Wildman–Crippen LogP) is 3.50. The summed E-state index contributed by atoms with van der Waals surface area (Å²) in [5.41, 5.74) is 4.84. The molecule has 1 aromatic heterocycles. The number of nitrogens with zero attached hydrogens (tertiary/aromatic N) is 2. The number of hydrogen-bond acceptors (Lipinski definition) is 4. The van der Waals surface area contributed by atoms with E-state index in [1.165, 1.54) is 5.56 Å². The number of pyridine rings is 1. The largest absolute Gasteiger partial charge is 0.495 e. The summed E-state index contributed by atoms with van der Waals surface area (Å²) < 4.78 is 5.37. The summed E-state index contributed by atoms with van der Waals surface area (Å²) in [5, 5.41) is 12.6. The first kappa shape index (κ1) is 13.4. The first-order valence-electron chi connectivity index (χ1n) is 7.06. The van der Waals surface area contributed by atoms with Gasteiger partial charge in [0.15, 0.2) is 0 Å². The molecule has 1 N–H and O–H groups in total. The summed E-state index contributed by atoms with van der Waals surface area (Å²) in [4.78, 5) is 4.64. The van der Waals surface area contributed by atoms with E-state index in [-0.39, 0.29) is 0 Å². The zero-order valence-corrected chi connectivity index (χ0v) is 12.2. The van der Waals surface area contributed by atoms with Crippen LogP contribution in [0, 0.1) is 18.3 Å². The minimum Gasteiger partial charge on any atom is -0.495 e. The maximum Gasteiger partial charge on any atom is 0.148 e. The number of benzene rings is 1. The molecule has 0 unspecified atom stereocenters. The van der Waals surface area contributed by atoms with Crippen molar-refractivity contribution in [2.75, 3.05) is 12.4 Å². The fourth-order valence-corrected chi connectivity index (χ4v) is 2.70. The van der Waals surface area contributed by atoms with Crippen LogP contribution in [0.4, 0.5) is 11.5 Å². The highest BCUT2D eigenvalue weighted by molar-refractivity contribution is 5.69. The van der Waals surface area contributed by atoms with Gasteiger partial charge in [-0.2, -0.15) is 5.26 Å². The third-order valence-electron chi connectivity index (χ3n) is 3.78. The van der Waals surface area contributed by atoms with E-state index in [0.29, 0.717) is 11.4 Å². The molecule has 106 valence electrons. The molecule has 4 heteroatoms. The first-order valence-corrected chi connectivity index (χ1v) is 7.06. The fraction of sp³-hybridized carbons (Fsp3) is 0.294. The highest BCUT2D eigenvalue weighted by Crippen LogP contribution is 2.31. The maximum absolute atomic E-state index is 9.35. The van der Waals surface area contributed by atoms with Gasteiger partial charge in [0.25, 0.3) is 0 Å². The lowest BCUT2D eigenvalue weighted by atomic mass is 10.1. The van der Waals surface area contributed by atoms with Crippen LogP contribution in [0.5, 0.6) is 5.75 Å².